The van der Waals surface area contributed by atoms with Gasteiger partial charge in [0.1, 0.15) is 73.2 Å². The summed E-state index contributed by atoms with van der Waals surface area (Å²) in [6.07, 6.45) is 0. The molecule has 138 heavy (non-hydrogen) atoms. The highest BCUT2D eigenvalue weighted by Crippen LogP contribution is 2.34. The van der Waals surface area contributed by atoms with Gasteiger partial charge in [-0.05, 0) is 248 Å². The van der Waals surface area contributed by atoms with Gasteiger partial charge >= 0.3 is 33.8 Å². The second-order valence-electron chi connectivity index (χ2n) is 30.1. The van der Waals surface area contributed by atoms with E-state index >= 15 is 0 Å². The second kappa shape index (κ2) is 40.6. The van der Waals surface area contributed by atoms with E-state index in [2.05, 4.69) is 0 Å². The molecule has 0 aliphatic heterocycles. The fraction of sp³-hybridized carbons (Fsp3) is 0.0625. The summed E-state index contributed by atoms with van der Waals surface area (Å²) in [4.78, 5) is 78.1. The van der Waals surface area contributed by atoms with Crippen molar-refractivity contribution in [2.24, 2.45) is 0 Å². The molecule has 18 aromatic rings. The molecule has 0 atom stereocenters. The predicted molar refractivity (Wildman–Crippen MR) is 500 cm³/mol. The fourth-order valence-electron chi connectivity index (χ4n) is 13.0. The summed E-state index contributed by atoms with van der Waals surface area (Å²) in [5, 5.41) is 13.5. The summed E-state index contributed by atoms with van der Waals surface area (Å²) >= 11 is 17.4. The van der Waals surface area contributed by atoms with Crippen LogP contribution in [0.15, 0.2) is 411 Å². The number of hydrogen-bond acceptors (Lipinski definition) is 28. The van der Waals surface area contributed by atoms with Crippen LogP contribution in [0, 0.1) is 33.4 Å². The first-order valence-corrected chi connectivity index (χ1v) is 49.5. The number of nitrogens with zero attached hydrogens (tertiary/aromatic N) is 1. The molecule has 0 radical (unpaired) electrons. The SMILES string of the molecule is COc1ccc2oc(=O)c(S(=O)(=O)c3ccc(C(C)(C)C)cc3)cc2c1.COc1ccc2oc(=O)c(S(=O)(=O)c3cccc(Cl)c3)cc2c1.O=c1oc2ccc(Cl)cc2cc1S(=O)(=O)c1ccccc1F.O=c1oc2ccc(F)cc2cc1S(=O)(=O)c1ccc(Cl)cc1.O=c1oc2ccc(F)cc2cc1S(=O)(=O)c1ccc(F)cc1.O=c1oc2ccc([N+](=O)[O-])cc2cc1S(=O)(=O)c1ccccc1. The summed E-state index contributed by atoms with van der Waals surface area (Å²) < 4.78 is 244. The third kappa shape index (κ3) is 22.3. The maximum Gasteiger partial charge on any atom is 0.355 e. The number of methoxy groups -OCH3 is 2. The summed E-state index contributed by atoms with van der Waals surface area (Å²) in [6.45, 7) is 6.13. The molecule has 0 N–H and O–H groups in total. The molecule has 18 rings (SSSR count). The Kier molecular flexibility index (Phi) is 29.6. The Balaban J connectivity index is 0.000000140. The Morgan fingerprint density at radius 3 is 0.964 bits per heavy atom. The standard InChI is InChI=1S/C20H20O5S.C16H11ClO5S.2C15H8ClFO4S.C15H8F2O4S.C15H9NO6S/c1-20(2,3)14-5-8-16(9-6-14)26(22,23)18-12-13-11-15(24-4)7-10-17(13)25-19(18)21;1-21-12-5-6-14-10(7-12)8-15(16(18)22-14)23(19,20)13-4-2-3-11(17)9-13;16-10-1-4-12(5-2-10)22(19,20)14-8-9-7-11(17)3-6-13(9)21-15(14)18;16-10-5-6-12-9(7-10)8-14(15(18)21-12)22(19,20)13-4-2-1-3-11(13)17;16-10-1-4-12(5-2-10)22(19,20)14-8-9-7-11(17)3-6-13(9)21-15(14)18;17-15-14(23(20,21)12-4-2-1-3-5-12)9-10-8-11(16(18)19)6-7-13(10)22-15/h5-12H,1-4H3;2-9H,1H3;3*1-8H;1-9H. The summed E-state index contributed by atoms with van der Waals surface area (Å²) in [6, 6.07) is 65.4. The normalized spacial score (nSPS) is 11.8. The van der Waals surface area contributed by atoms with Crippen LogP contribution in [0.1, 0.15) is 26.3 Å². The second-order valence-corrected chi connectivity index (χ2v) is 42.9. The van der Waals surface area contributed by atoms with E-state index in [1.54, 1.807) is 60.7 Å². The van der Waals surface area contributed by atoms with Crippen molar-refractivity contribution in [3.8, 4) is 11.5 Å². The minimum atomic E-state index is -4.33. The first-order valence-electron chi connectivity index (χ1n) is 39.4. The zero-order valence-electron chi connectivity index (χ0n) is 71.3. The molecule has 42 heteroatoms. The van der Waals surface area contributed by atoms with Crippen LogP contribution in [0.2, 0.25) is 15.1 Å². The van der Waals surface area contributed by atoms with Gasteiger partial charge < -0.3 is 36.0 Å². The molecule has 0 unspecified atom stereocenters. The molecule has 0 aliphatic carbocycles. The highest BCUT2D eigenvalue weighted by molar-refractivity contribution is 7.93. The van der Waals surface area contributed by atoms with E-state index in [0.29, 0.717) is 43.3 Å². The lowest BCUT2D eigenvalue weighted by Gasteiger charge is -2.19. The molecule has 12 aromatic carbocycles. The third-order valence-corrected chi connectivity index (χ3v) is 31.3. The van der Waals surface area contributed by atoms with Crippen molar-refractivity contribution in [2.45, 2.75) is 84.9 Å². The van der Waals surface area contributed by atoms with Gasteiger partial charge in [0, 0.05) is 59.5 Å². The lowest BCUT2D eigenvalue weighted by atomic mass is 9.87. The minimum absolute atomic E-state index is 0.0556. The monoisotopic (exact) mass is 2050 g/mol. The van der Waals surface area contributed by atoms with Crippen molar-refractivity contribution in [1.82, 2.24) is 0 Å². The van der Waals surface area contributed by atoms with Gasteiger partial charge in [0.05, 0.1) is 43.6 Å². The van der Waals surface area contributed by atoms with E-state index in [4.69, 9.17) is 70.8 Å². The number of benzene rings is 12. The molecule has 0 amide bonds. The van der Waals surface area contributed by atoms with Crippen LogP contribution >= 0.6 is 34.8 Å². The van der Waals surface area contributed by atoms with Crippen LogP contribution in [0.4, 0.5) is 23.2 Å². The molecule has 0 saturated carbocycles. The molecule has 6 aromatic heterocycles. The molecule has 29 nitrogen and oxygen atoms in total. The molecule has 706 valence electrons. The number of ether oxygens (including phenoxy) is 2. The highest BCUT2D eigenvalue weighted by Gasteiger charge is 2.32. The fourth-order valence-corrected chi connectivity index (χ4v) is 21.4. The molecule has 0 spiro atoms. The average molecular weight is 2050 g/mol. The van der Waals surface area contributed by atoms with Gasteiger partial charge in [-0.3, -0.25) is 10.1 Å². The number of fused-ring (bicyclic) bond motifs is 6. The summed E-state index contributed by atoms with van der Waals surface area (Å²) in [5.41, 5.74) is -4.24. The summed E-state index contributed by atoms with van der Waals surface area (Å²) in [7, 11) is -21.7. The van der Waals surface area contributed by atoms with Gasteiger partial charge in [0.15, 0.2) is 29.4 Å². The maximum absolute atomic E-state index is 13.7. The number of non-ortho nitro benzene ring substituents is 1. The number of halogens is 7. The molecule has 0 bridgehead atoms. The summed E-state index contributed by atoms with van der Waals surface area (Å²) in [5.74, 6) is -1.62. The first-order chi connectivity index (χ1) is 65.1. The van der Waals surface area contributed by atoms with E-state index in [1.165, 1.54) is 160 Å². The number of hydrogen-bond donors (Lipinski definition) is 0. The molecule has 0 aliphatic rings. The number of rotatable bonds is 15. The van der Waals surface area contributed by atoms with Crippen molar-refractivity contribution in [1.29, 1.82) is 0 Å². The van der Waals surface area contributed by atoms with E-state index in [1.807, 2.05) is 20.8 Å². The molecule has 6 heterocycles. The van der Waals surface area contributed by atoms with Gasteiger partial charge in [-0.2, -0.15) is 0 Å². The minimum Gasteiger partial charge on any atom is -0.497 e. The smallest absolute Gasteiger partial charge is 0.355 e. The topological polar surface area (TPSA) is 448 Å². The Hall–Kier alpha value is -14.8. The number of sulfone groups is 6. The Morgan fingerprint density at radius 1 is 0.283 bits per heavy atom. The molecular formula is C96H64Cl3F4NO28S6. The van der Waals surface area contributed by atoms with Gasteiger partial charge in [-0.1, -0.05) is 104 Å². The van der Waals surface area contributed by atoms with E-state index < -0.39 is 150 Å². The van der Waals surface area contributed by atoms with Crippen LogP contribution in [0.3, 0.4) is 0 Å². The van der Waals surface area contributed by atoms with Crippen molar-refractivity contribution in [3.05, 3.63) is 414 Å². The Morgan fingerprint density at radius 2 is 0.580 bits per heavy atom. The van der Waals surface area contributed by atoms with Gasteiger partial charge in [0.25, 0.3) is 5.69 Å². The van der Waals surface area contributed by atoms with Crippen LogP contribution in [0.25, 0.3) is 65.8 Å². The van der Waals surface area contributed by atoms with Crippen molar-refractivity contribution >= 4 is 165 Å². The van der Waals surface area contributed by atoms with Gasteiger partial charge in [-0.15, -0.1) is 0 Å². The van der Waals surface area contributed by atoms with Gasteiger partial charge in [-0.25, -0.2) is 96.8 Å². The Bertz CT molecular complexity index is 8870. The molecular weight excluding hydrogens is 1990 g/mol. The zero-order valence-corrected chi connectivity index (χ0v) is 78.4. The molecule has 0 fully saturated rings. The molecule has 0 saturated heterocycles. The quantitative estimate of drug-likeness (QED) is 0.0302. The van der Waals surface area contributed by atoms with Crippen molar-refractivity contribution in [2.75, 3.05) is 14.2 Å². The number of nitro benzene ring substituents is 1. The first kappa shape index (κ1) is 101. The lowest BCUT2D eigenvalue weighted by molar-refractivity contribution is -0.384. The van der Waals surface area contributed by atoms with E-state index in [9.17, 15) is 107 Å². The maximum atomic E-state index is 13.7. The highest BCUT2D eigenvalue weighted by atomic mass is 35.5. The van der Waals surface area contributed by atoms with E-state index in [-0.39, 0.29) is 89.6 Å². The van der Waals surface area contributed by atoms with E-state index in [0.717, 1.165) is 96.6 Å². The Labute approximate surface area is 792 Å². The number of nitro groups is 1. The van der Waals surface area contributed by atoms with Crippen molar-refractivity contribution < 1.29 is 109 Å². The zero-order chi connectivity index (χ0) is 100. The van der Waals surface area contributed by atoms with Crippen LogP contribution < -0.4 is 43.2 Å². The van der Waals surface area contributed by atoms with Crippen molar-refractivity contribution in [3.63, 3.8) is 0 Å². The van der Waals surface area contributed by atoms with Crippen LogP contribution in [0.5, 0.6) is 11.5 Å². The van der Waals surface area contributed by atoms with Gasteiger partial charge in [0.2, 0.25) is 59.0 Å². The van der Waals surface area contributed by atoms with Crippen LogP contribution in [-0.4, -0.2) is 69.6 Å². The third-order valence-electron chi connectivity index (χ3n) is 20.0. The average Bonchev–Trinajstić information content (AvgIpc) is 0.975. The largest absolute Gasteiger partial charge is 0.497 e. The van der Waals surface area contributed by atoms with Crippen LogP contribution in [-0.2, 0) is 64.4 Å². The lowest BCUT2D eigenvalue weighted by Crippen LogP contribution is -2.15. The predicted octanol–water partition coefficient (Wildman–Crippen LogP) is 19.5.